The predicted molar refractivity (Wildman–Crippen MR) is 106 cm³/mol. The van der Waals surface area contributed by atoms with Gasteiger partial charge in [-0.2, -0.15) is 0 Å². The summed E-state index contributed by atoms with van der Waals surface area (Å²) in [5.74, 6) is -0.491. The molecule has 0 radical (unpaired) electrons. The van der Waals surface area contributed by atoms with Gasteiger partial charge in [-0.3, -0.25) is 9.59 Å². The molecule has 1 saturated heterocycles. The molecule has 148 valence electrons. The molecule has 0 spiro atoms. The standard InChI is InChI=1S/C21H30FN3O2/c1-15(2)13-19(21(27)25-11-9-24(4)10-12-25)23-20(26)16(3)14-17-7-5-6-8-18(17)22/h5-8,14-15,19H,9-13H2,1-4H3,(H,23,26)/b16-14+/t19-/m0/s1. The van der Waals surface area contributed by atoms with Crippen LogP contribution in [0.5, 0.6) is 0 Å². The van der Waals surface area contributed by atoms with E-state index < -0.39 is 6.04 Å². The molecule has 0 unspecified atom stereocenters. The van der Waals surface area contributed by atoms with Gasteiger partial charge in [0.15, 0.2) is 0 Å². The van der Waals surface area contributed by atoms with Crippen LogP contribution in [0.4, 0.5) is 4.39 Å². The summed E-state index contributed by atoms with van der Waals surface area (Å²) in [6, 6.07) is 5.74. The summed E-state index contributed by atoms with van der Waals surface area (Å²) in [4.78, 5) is 29.5. The molecule has 0 bridgehead atoms. The SMILES string of the molecule is C/C(=C\c1ccccc1F)C(=O)N[C@@H](CC(C)C)C(=O)N1CCN(C)CC1. The van der Waals surface area contributed by atoms with Crippen LogP contribution in [0.3, 0.4) is 0 Å². The molecule has 1 aliphatic heterocycles. The van der Waals surface area contributed by atoms with E-state index in [2.05, 4.69) is 10.2 Å². The zero-order valence-corrected chi connectivity index (χ0v) is 16.7. The molecule has 6 heteroatoms. The van der Waals surface area contributed by atoms with Gasteiger partial charge in [0.25, 0.3) is 0 Å². The van der Waals surface area contributed by atoms with Crippen LogP contribution in [-0.2, 0) is 9.59 Å². The molecule has 1 N–H and O–H groups in total. The van der Waals surface area contributed by atoms with Crippen LogP contribution in [0.1, 0.15) is 32.8 Å². The molecular weight excluding hydrogens is 345 g/mol. The van der Waals surface area contributed by atoms with Gasteiger partial charge in [0.05, 0.1) is 0 Å². The minimum absolute atomic E-state index is 0.0381. The number of amides is 2. The molecule has 0 saturated carbocycles. The molecule has 5 nitrogen and oxygen atoms in total. The first kappa shape index (κ1) is 21.1. The predicted octanol–water partition coefficient (Wildman–Crippen LogP) is 2.53. The molecule has 1 aliphatic rings. The largest absolute Gasteiger partial charge is 0.341 e. The van der Waals surface area contributed by atoms with Crippen molar-refractivity contribution in [1.82, 2.24) is 15.1 Å². The van der Waals surface area contributed by atoms with E-state index in [1.807, 2.05) is 25.8 Å². The molecule has 1 atom stereocenters. The Labute approximate surface area is 161 Å². The lowest BCUT2D eigenvalue weighted by Crippen LogP contribution is -2.54. The number of nitrogens with one attached hydrogen (secondary N) is 1. The quantitative estimate of drug-likeness (QED) is 0.778. The highest BCUT2D eigenvalue weighted by molar-refractivity contribution is 5.99. The van der Waals surface area contributed by atoms with E-state index in [1.165, 1.54) is 12.1 Å². The van der Waals surface area contributed by atoms with Gasteiger partial charge in [-0.05, 0) is 38.5 Å². The van der Waals surface area contributed by atoms with Crippen molar-refractivity contribution in [3.8, 4) is 0 Å². The Kier molecular flexibility index (Phi) is 7.54. The van der Waals surface area contributed by atoms with E-state index >= 15 is 0 Å². The number of halogens is 1. The minimum atomic E-state index is -0.565. The third kappa shape index (κ3) is 6.17. The lowest BCUT2D eigenvalue weighted by molar-refractivity contribution is -0.137. The first-order valence-electron chi connectivity index (χ1n) is 9.49. The Balaban J connectivity index is 2.09. The number of carbonyl (C=O) groups is 2. The van der Waals surface area contributed by atoms with Crippen LogP contribution in [0.15, 0.2) is 29.8 Å². The lowest BCUT2D eigenvalue weighted by Gasteiger charge is -2.35. The van der Waals surface area contributed by atoms with Gasteiger partial charge in [0.1, 0.15) is 11.9 Å². The van der Waals surface area contributed by atoms with Gasteiger partial charge in [-0.15, -0.1) is 0 Å². The third-order valence-corrected chi connectivity index (χ3v) is 4.76. The summed E-state index contributed by atoms with van der Waals surface area (Å²) in [7, 11) is 2.03. The molecule has 0 aliphatic carbocycles. The molecule has 2 rings (SSSR count). The van der Waals surface area contributed by atoms with Crippen LogP contribution in [0.25, 0.3) is 6.08 Å². The van der Waals surface area contributed by atoms with Gasteiger partial charge in [0, 0.05) is 37.3 Å². The fraction of sp³-hybridized carbons (Fsp3) is 0.524. The van der Waals surface area contributed by atoms with E-state index in [9.17, 15) is 14.0 Å². The first-order valence-corrected chi connectivity index (χ1v) is 9.49. The summed E-state index contributed by atoms with van der Waals surface area (Å²) in [6.07, 6.45) is 2.08. The number of rotatable bonds is 6. The van der Waals surface area contributed by atoms with E-state index in [-0.39, 0.29) is 23.5 Å². The summed E-state index contributed by atoms with van der Waals surface area (Å²) < 4.78 is 13.8. The summed E-state index contributed by atoms with van der Waals surface area (Å²) in [5, 5.41) is 2.86. The smallest absolute Gasteiger partial charge is 0.247 e. The van der Waals surface area contributed by atoms with Gasteiger partial charge in [-0.25, -0.2) is 4.39 Å². The Morgan fingerprint density at radius 1 is 1.19 bits per heavy atom. The van der Waals surface area contributed by atoms with Crippen molar-refractivity contribution in [2.75, 3.05) is 33.2 Å². The van der Waals surface area contributed by atoms with Gasteiger partial charge < -0.3 is 15.1 Å². The second-order valence-electron chi connectivity index (χ2n) is 7.63. The summed E-state index contributed by atoms with van der Waals surface area (Å²) >= 11 is 0. The van der Waals surface area contributed by atoms with Crippen LogP contribution in [0, 0.1) is 11.7 Å². The maximum Gasteiger partial charge on any atom is 0.247 e. The number of nitrogens with zero attached hydrogens (tertiary/aromatic N) is 2. The molecule has 2 amide bonds. The highest BCUT2D eigenvalue weighted by Crippen LogP contribution is 2.14. The van der Waals surface area contributed by atoms with Crippen molar-refractivity contribution in [1.29, 1.82) is 0 Å². The number of hydrogen-bond donors (Lipinski definition) is 1. The van der Waals surface area contributed by atoms with E-state index in [0.29, 0.717) is 30.6 Å². The average molecular weight is 375 g/mol. The van der Waals surface area contributed by atoms with Gasteiger partial charge >= 0.3 is 0 Å². The van der Waals surface area contributed by atoms with Crippen molar-refractivity contribution < 1.29 is 14.0 Å². The lowest BCUT2D eigenvalue weighted by atomic mass is 10.0. The monoisotopic (exact) mass is 375 g/mol. The van der Waals surface area contributed by atoms with Crippen LogP contribution in [0.2, 0.25) is 0 Å². The van der Waals surface area contributed by atoms with E-state index in [4.69, 9.17) is 0 Å². The van der Waals surface area contributed by atoms with Gasteiger partial charge in [0.2, 0.25) is 11.8 Å². The highest BCUT2D eigenvalue weighted by atomic mass is 19.1. The first-order chi connectivity index (χ1) is 12.8. The number of hydrogen-bond acceptors (Lipinski definition) is 3. The topological polar surface area (TPSA) is 52.7 Å². The molecule has 1 fully saturated rings. The third-order valence-electron chi connectivity index (χ3n) is 4.76. The molecule has 1 aromatic rings. The number of piperazine rings is 1. The Bertz CT molecular complexity index is 694. The van der Waals surface area contributed by atoms with E-state index in [1.54, 1.807) is 25.1 Å². The van der Waals surface area contributed by atoms with Crippen molar-refractivity contribution >= 4 is 17.9 Å². The van der Waals surface area contributed by atoms with Crippen LogP contribution >= 0.6 is 0 Å². The second kappa shape index (κ2) is 9.65. The Hall–Kier alpha value is -2.21. The van der Waals surface area contributed by atoms with Crippen LogP contribution < -0.4 is 5.32 Å². The molecule has 1 heterocycles. The van der Waals surface area contributed by atoms with E-state index in [0.717, 1.165) is 13.1 Å². The van der Waals surface area contributed by atoms with Crippen molar-refractivity contribution in [2.24, 2.45) is 5.92 Å². The number of carbonyl (C=O) groups excluding carboxylic acids is 2. The molecule has 1 aromatic carbocycles. The average Bonchev–Trinajstić information content (AvgIpc) is 2.62. The van der Waals surface area contributed by atoms with Crippen molar-refractivity contribution in [3.05, 3.63) is 41.2 Å². The zero-order chi connectivity index (χ0) is 20.0. The number of benzene rings is 1. The van der Waals surface area contributed by atoms with Crippen molar-refractivity contribution in [3.63, 3.8) is 0 Å². The van der Waals surface area contributed by atoms with Gasteiger partial charge in [-0.1, -0.05) is 32.0 Å². The molecular formula is C21H30FN3O2. The van der Waals surface area contributed by atoms with Crippen molar-refractivity contribution in [2.45, 2.75) is 33.2 Å². The summed E-state index contributed by atoms with van der Waals surface area (Å²) in [6.45, 7) is 8.69. The second-order valence-corrected chi connectivity index (χ2v) is 7.63. The Morgan fingerprint density at radius 2 is 1.81 bits per heavy atom. The summed E-state index contributed by atoms with van der Waals surface area (Å²) in [5.41, 5.74) is 0.732. The molecule has 27 heavy (non-hydrogen) atoms. The zero-order valence-electron chi connectivity index (χ0n) is 16.7. The fourth-order valence-corrected chi connectivity index (χ4v) is 3.10. The maximum atomic E-state index is 13.8. The van der Waals surface area contributed by atoms with Crippen LogP contribution in [-0.4, -0.2) is 60.9 Å². The maximum absolute atomic E-state index is 13.8. The highest BCUT2D eigenvalue weighted by Gasteiger charge is 2.28. The number of likely N-dealkylation sites (N-methyl/N-ethyl adjacent to an activating group) is 1. The minimum Gasteiger partial charge on any atom is -0.341 e. The Morgan fingerprint density at radius 3 is 2.41 bits per heavy atom. The molecule has 0 aromatic heterocycles. The fourth-order valence-electron chi connectivity index (χ4n) is 3.10. The normalized spacial score (nSPS) is 17.1.